The van der Waals surface area contributed by atoms with E-state index in [1.54, 1.807) is 38.1 Å². The molecule has 228 valence electrons. The number of ether oxygens (including phenoxy) is 1. The predicted octanol–water partition coefficient (Wildman–Crippen LogP) is 2.33. The number of halogens is 2. The van der Waals surface area contributed by atoms with Crippen molar-refractivity contribution >= 4 is 47.6 Å². The van der Waals surface area contributed by atoms with Gasteiger partial charge in [-0.1, -0.05) is 37.6 Å². The summed E-state index contributed by atoms with van der Waals surface area (Å²) in [7, 11) is 0. The number of rotatable bonds is 12. The minimum atomic E-state index is -1.16. The van der Waals surface area contributed by atoms with E-state index in [-0.39, 0.29) is 31.3 Å². The largest absolute Gasteiger partial charge is 0.488 e. The fraction of sp³-hybridized carbons (Fsp3) is 0.387. The molecule has 4 N–H and O–H groups in total. The van der Waals surface area contributed by atoms with Gasteiger partial charge in [0.15, 0.2) is 0 Å². The Morgan fingerprint density at radius 2 is 1.84 bits per heavy atom. The highest BCUT2D eigenvalue weighted by Crippen LogP contribution is 2.29. The van der Waals surface area contributed by atoms with Gasteiger partial charge in [0.05, 0.1) is 11.6 Å². The van der Waals surface area contributed by atoms with E-state index in [2.05, 4.69) is 21.3 Å². The number of hydrogen-bond donors (Lipinski definition) is 4. The van der Waals surface area contributed by atoms with Crippen LogP contribution in [0.1, 0.15) is 37.8 Å². The van der Waals surface area contributed by atoms with Crippen molar-refractivity contribution in [3.05, 3.63) is 70.0 Å². The lowest BCUT2D eigenvalue weighted by Crippen LogP contribution is -2.57. The molecule has 0 bridgehead atoms. The van der Waals surface area contributed by atoms with Crippen molar-refractivity contribution in [1.29, 1.82) is 0 Å². The molecular formula is C31H34ClFN4O6. The van der Waals surface area contributed by atoms with Gasteiger partial charge in [-0.05, 0) is 60.7 Å². The Morgan fingerprint density at radius 3 is 2.49 bits per heavy atom. The Balaban J connectivity index is 1.49. The summed E-state index contributed by atoms with van der Waals surface area (Å²) >= 11 is 6.07. The monoisotopic (exact) mass is 612 g/mol. The molecule has 12 heteroatoms. The normalized spacial score (nSPS) is 17.8. The Morgan fingerprint density at radius 1 is 1.09 bits per heavy atom. The number of benzene rings is 2. The zero-order valence-electron chi connectivity index (χ0n) is 23.8. The summed E-state index contributed by atoms with van der Waals surface area (Å²) in [6.07, 6.45) is 2.86. The van der Waals surface area contributed by atoms with Crippen molar-refractivity contribution in [2.75, 3.05) is 13.2 Å². The second-order valence-corrected chi connectivity index (χ2v) is 11.4. The van der Waals surface area contributed by atoms with Crippen LogP contribution in [0.3, 0.4) is 0 Å². The standard InChI is InChI=1S/C31H34ClFN4O6/c1-17(2)27(37-29(40)21-12-20-13-22(32)5-8-26(20)43-16-21)31(42)36-25(11-18-3-6-23(33)7-4-18)30(41)35-24(15-38)14-19-9-10-34-28(19)39/h3-8,12-13,15,17,19,24-25,27H,9-11,14,16H2,1-2H3,(H,34,39)(H,35,41)(H,36,42)(H,37,40)/t19-,24-,25-,27-/m0/s1. The first-order valence-corrected chi connectivity index (χ1v) is 14.4. The molecular weight excluding hydrogens is 579 g/mol. The van der Waals surface area contributed by atoms with E-state index in [0.717, 1.165) is 0 Å². The van der Waals surface area contributed by atoms with Gasteiger partial charge < -0.3 is 30.8 Å². The van der Waals surface area contributed by atoms with E-state index in [1.807, 2.05) is 0 Å². The highest BCUT2D eigenvalue weighted by Gasteiger charge is 2.33. The van der Waals surface area contributed by atoms with Crippen LogP contribution in [0.5, 0.6) is 5.75 Å². The van der Waals surface area contributed by atoms with Crippen molar-refractivity contribution in [3.8, 4) is 5.75 Å². The van der Waals surface area contributed by atoms with Crippen LogP contribution in [0.2, 0.25) is 5.02 Å². The molecule has 2 aliphatic rings. The highest BCUT2D eigenvalue weighted by molar-refractivity contribution is 6.30. The van der Waals surface area contributed by atoms with Crippen LogP contribution in [0, 0.1) is 17.7 Å². The number of carbonyl (C=O) groups is 5. The Bertz CT molecular complexity index is 1410. The molecule has 0 radical (unpaired) electrons. The highest BCUT2D eigenvalue weighted by atomic mass is 35.5. The van der Waals surface area contributed by atoms with Gasteiger partial charge in [-0.3, -0.25) is 19.2 Å². The van der Waals surface area contributed by atoms with E-state index in [1.165, 1.54) is 24.3 Å². The third kappa shape index (κ3) is 8.41. The fourth-order valence-corrected chi connectivity index (χ4v) is 5.16. The lowest BCUT2D eigenvalue weighted by Gasteiger charge is -2.27. The molecule has 0 saturated carbocycles. The molecule has 0 aliphatic carbocycles. The zero-order chi connectivity index (χ0) is 31.1. The summed E-state index contributed by atoms with van der Waals surface area (Å²) in [5.41, 5.74) is 1.48. The number of fused-ring (bicyclic) bond motifs is 1. The molecule has 1 saturated heterocycles. The third-order valence-electron chi connectivity index (χ3n) is 7.39. The van der Waals surface area contributed by atoms with Crippen molar-refractivity contribution in [3.63, 3.8) is 0 Å². The molecule has 2 aromatic rings. The molecule has 43 heavy (non-hydrogen) atoms. The van der Waals surface area contributed by atoms with Crippen LogP contribution in [0.25, 0.3) is 6.08 Å². The first kappa shape index (κ1) is 31.7. The van der Waals surface area contributed by atoms with Crippen LogP contribution in [0.4, 0.5) is 4.39 Å². The SMILES string of the molecule is CC(C)[C@H](NC(=O)C1=Cc2cc(Cl)ccc2OC1)C(=O)N[C@@H](Cc1ccc(F)cc1)C(=O)N[C@H](C=O)C[C@@H]1CCNC1=O. The Labute approximate surface area is 253 Å². The Hall–Kier alpha value is -4.25. The van der Waals surface area contributed by atoms with Crippen LogP contribution < -0.4 is 26.0 Å². The minimum Gasteiger partial charge on any atom is -0.488 e. The first-order chi connectivity index (χ1) is 20.5. The first-order valence-electron chi connectivity index (χ1n) is 14.1. The molecule has 4 amide bonds. The number of carbonyl (C=O) groups excluding carboxylic acids is 5. The number of nitrogens with one attached hydrogen (secondary N) is 4. The van der Waals surface area contributed by atoms with Crippen molar-refractivity contribution < 1.29 is 33.1 Å². The summed E-state index contributed by atoms with van der Waals surface area (Å²) < 4.78 is 19.2. The molecule has 2 aromatic carbocycles. The van der Waals surface area contributed by atoms with Gasteiger partial charge in [-0.2, -0.15) is 0 Å². The van der Waals surface area contributed by atoms with Gasteiger partial charge in [0.25, 0.3) is 5.91 Å². The predicted molar refractivity (Wildman–Crippen MR) is 157 cm³/mol. The topological polar surface area (TPSA) is 143 Å². The van der Waals surface area contributed by atoms with Gasteiger partial charge in [-0.25, -0.2) is 4.39 Å². The molecule has 0 spiro atoms. The minimum absolute atomic E-state index is 0.00536. The van der Waals surface area contributed by atoms with E-state index < -0.39 is 47.6 Å². The van der Waals surface area contributed by atoms with Gasteiger partial charge >= 0.3 is 0 Å². The van der Waals surface area contributed by atoms with Crippen molar-refractivity contribution in [2.45, 2.75) is 51.2 Å². The molecule has 0 unspecified atom stereocenters. The summed E-state index contributed by atoms with van der Waals surface area (Å²) in [5, 5.41) is 11.2. The van der Waals surface area contributed by atoms with E-state index in [0.29, 0.717) is 46.7 Å². The smallest absolute Gasteiger partial charge is 0.251 e. The third-order valence-corrected chi connectivity index (χ3v) is 7.63. The second kappa shape index (κ2) is 14.3. The average molecular weight is 613 g/mol. The van der Waals surface area contributed by atoms with E-state index >= 15 is 0 Å². The molecule has 4 atom stereocenters. The Kier molecular flexibility index (Phi) is 10.5. The molecule has 2 aliphatic heterocycles. The van der Waals surface area contributed by atoms with E-state index in [9.17, 15) is 28.4 Å². The van der Waals surface area contributed by atoms with Gasteiger partial charge in [0, 0.05) is 29.5 Å². The maximum absolute atomic E-state index is 13.5. The number of amides is 4. The summed E-state index contributed by atoms with van der Waals surface area (Å²) in [4.78, 5) is 63.9. The van der Waals surface area contributed by atoms with Crippen LogP contribution in [0.15, 0.2) is 48.0 Å². The maximum Gasteiger partial charge on any atom is 0.251 e. The molecule has 2 heterocycles. The average Bonchev–Trinajstić information content (AvgIpc) is 3.39. The zero-order valence-corrected chi connectivity index (χ0v) is 24.6. The quantitative estimate of drug-likeness (QED) is 0.271. The van der Waals surface area contributed by atoms with Gasteiger partial charge in [-0.15, -0.1) is 0 Å². The van der Waals surface area contributed by atoms with Crippen molar-refractivity contribution in [1.82, 2.24) is 21.3 Å². The van der Waals surface area contributed by atoms with E-state index in [4.69, 9.17) is 16.3 Å². The van der Waals surface area contributed by atoms with Crippen LogP contribution >= 0.6 is 11.6 Å². The second-order valence-electron chi connectivity index (χ2n) is 11.0. The molecule has 4 rings (SSSR count). The van der Waals surface area contributed by atoms with Crippen molar-refractivity contribution in [2.24, 2.45) is 11.8 Å². The molecule has 0 aromatic heterocycles. The van der Waals surface area contributed by atoms with Gasteiger partial charge in [0.1, 0.15) is 36.5 Å². The lowest BCUT2D eigenvalue weighted by molar-refractivity contribution is -0.133. The summed E-state index contributed by atoms with van der Waals surface area (Å²) in [5.74, 6) is -2.64. The maximum atomic E-state index is 13.5. The summed E-state index contributed by atoms with van der Waals surface area (Å²) in [6, 6.07) is 7.36. The van der Waals surface area contributed by atoms with Crippen LogP contribution in [-0.4, -0.2) is 61.2 Å². The lowest BCUT2D eigenvalue weighted by atomic mass is 9.98. The molecule has 1 fully saturated rings. The number of hydrogen-bond acceptors (Lipinski definition) is 6. The molecule has 10 nitrogen and oxygen atoms in total. The fourth-order valence-electron chi connectivity index (χ4n) is 4.98. The van der Waals surface area contributed by atoms with Crippen LogP contribution in [-0.2, 0) is 30.4 Å². The van der Waals surface area contributed by atoms with Gasteiger partial charge in [0.2, 0.25) is 17.7 Å². The summed E-state index contributed by atoms with van der Waals surface area (Å²) in [6.45, 7) is 3.98. The number of aldehydes is 1.